The highest BCUT2D eigenvalue weighted by Crippen LogP contribution is 2.35. The molecule has 124 valence electrons. The molecule has 0 unspecified atom stereocenters. The zero-order valence-corrected chi connectivity index (χ0v) is 14.6. The minimum absolute atomic E-state index is 0.187. The maximum absolute atomic E-state index is 12.9. The lowest BCUT2D eigenvalue weighted by atomic mass is 10.0. The van der Waals surface area contributed by atoms with Crippen LogP contribution in [0.4, 0.5) is 0 Å². The number of rotatable bonds is 3. The van der Waals surface area contributed by atoms with Gasteiger partial charge in [0.1, 0.15) is 22.7 Å². The quantitative estimate of drug-likeness (QED) is 0.520. The molecule has 0 N–H and O–H groups in total. The number of nitrogens with zero attached hydrogens (tertiary/aromatic N) is 3. The van der Waals surface area contributed by atoms with Crippen LogP contribution in [0.2, 0.25) is 0 Å². The van der Waals surface area contributed by atoms with Crippen molar-refractivity contribution in [3.05, 3.63) is 75.5 Å². The Morgan fingerprint density at radius 2 is 1.96 bits per heavy atom. The SMILES string of the molecule is Cc1ccc(/C=N\n2cnc3sc(C)c(-c4ccccc4)c3c2=O)o1. The van der Waals surface area contributed by atoms with Crippen LogP contribution in [-0.4, -0.2) is 15.9 Å². The molecule has 0 spiro atoms. The molecular formula is C19H15N3O2S. The maximum atomic E-state index is 12.9. The van der Waals surface area contributed by atoms with Gasteiger partial charge in [-0.2, -0.15) is 9.78 Å². The van der Waals surface area contributed by atoms with Gasteiger partial charge in [-0.05, 0) is 31.5 Å². The summed E-state index contributed by atoms with van der Waals surface area (Å²) in [6.07, 6.45) is 2.96. The lowest BCUT2D eigenvalue weighted by molar-refractivity contribution is 0.527. The zero-order chi connectivity index (χ0) is 17.4. The van der Waals surface area contributed by atoms with E-state index in [0.29, 0.717) is 11.1 Å². The molecule has 3 heterocycles. The van der Waals surface area contributed by atoms with E-state index in [4.69, 9.17) is 4.42 Å². The van der Waals surface area contributed by atoms with Gasteiger partial charge in [0, 0.05) is 10.4 Å². The second-order valence-electron chi connectivity index (χ2n) is 5.67. The highest BCUT2D eigenvalue weighted by molar-refractivity contribution is 7.19. The van der Waals surface area contributed by atoms with Gasteiger partial charge in [0.25, 0.3) is 5.56 Å². The van der Waals surface area contributed by atoms with E-state index >= 15 is 0 Å². The van der Waals surface area contributed by atoms with Crippen LogP contribution in [0.15, 0.2) is 63.1 Å². The Kier molecular flexibility index (Phi) is 3.82. The van der Waals surface area contributed by atoms with Crippen LogP contribution >= 0.6 is 11.3 Å². The van der Waals surface area contributed by atoms with Crippen molar-refractivity contribution in [3.63, 3.8) is 0 Å². The van der Waals surface area contributed by atoms with Crippen molar-refractivity contribution in [1.29, 1.82) is 0 Å². The summed E-state index contributed by atoms with van der Waals surface area (Å²) in [5.41, 5.74) is 1.75. The molecule has 25 heavy (non-hydrogen) atoms. The smallest absolute Gasteiger partial charge is 0.283 e. The molecule has 0 atom stereocenters. The molecule has 0 amide bonds. The predicted octanol–water partition coefficient (Wildman–Crippen LogP) is 4.22. The van der Waals surface area contributed by atoms with Gasteiger partial charge >= 0.3 is 0 Å². The number of fused-ring (bicyclic) bond motifs is 1. The average molecular weight is 349 g/mol. The minimum atomic E-state index is -0.187. The lowest BCUT2D eigenvalue weighted by Gasteiger charge is -2.02. The summed E-state index contributed by atoms with van der Waals surface area (Å²) in [7, 11) is 0. The third-order valence-electron chi connectivity index (χ3n) is 3.90. The monoisotopic (exact) mass is 349 g/mol. The Bertz CT molecular complexity index is 1140. The normalized spacial score (nSPS) is 11.6. The van der Waals surface area contributed by atoms with Gasteiger partial charge in [-0.1, -0.05) is 30.3 Å². The summed E-state index contributed by atoms with van der Waals surface area (Å²) >= 11 is 1.52. The number of aromatic nitrogens is 2. The Labute approximate surface area is 147 Å². The first-order valence-electron chi connectivity index (χ1n) is 7.80. The molecule has 6 heteroatoms. The van der Waals surface area contributed by atoms with E-state index in [9.17, 15) is 4.79 Å². The number of aryl methyl sites for hydroxylation is 2. The minimum Gasteiger partial charge on any atom is -0.460 e. The Hall–Kier alpha value is -2.99. The van der Waals surface area contributed by atoms with E-state index in [0.717, 1.165) is 26.6 Å². The molecule has 4 aromatic rings. The first-order valence-corrected chi connectivity index (χ1v) is 8.62. The average Bonchev–Trinajstić information content (AvgIpc) is 3.18. The summed E-state index contributed by atoms with van der Waals surface area (Å²) in [4.78, 5) is 19.1. The first-order chi connectivity index (χ1) is 12.1. The number of benzene rings is 1. The van der Waals surface area contributed by atoms with E-state index in [1.807, 2.05) is 50.2 Å². The molecular weight excluding hydrogens is 334 g/mol. The fourth-order valence-corrected chi connectivity index (χ4v) is 3.77. The van der Waals surface area contributed by atoms with E-state index in [2.05, 4.69) is 10.1 Å². The summed E-state index contributed by atoms with van der Waals surface area (Å²) < 4.78 is 6.70. The first kappa shape index (κ1) is 15.5. The van der Waals surface area contributed by atoms with Crippen LogP contribution < -0.4 is 5.56 Å². The fourth-order valence-electron chi connectivity index (χ4n) is 2.77. The van der Waals surface area contributed by atoms with Crippen LogP contribution in [0, 0.1) is 13.8 Å². The molecule has 0 aliphatic rings. The van der Waals surface area contributed by atoms with E-state index in [1.54, 1.807) is 6.07 Å². The summed E-state index contributed by atoms with van der Waals surface area (Å²) in [6.45, 7) is 3.87. The topological polar surface area (TPSA) is 60.4 Å². The van der Waals surface area contributed by atoms with Gasteiger partial charge in [-0.15, -0.1) is 11.3 Å². The molecule has 0 aliphatic heterocycles. The number of furan rings is 1. The Balaban J connectivity index is 1.87. The predicted molar refractivity (Wildman–Crippen MR) is 100 cm³/mol. The van der Waals surface area contributed by atoms with E-state index in [-0.39, 0.29) is 5.56 Å². The molecule has 4 rings (SSSR count). The van der Waals surface area contributed by atoms with Crippen LogP contribution in [0.1, 0.15) is 16.4 Å². The molecule has 0 aliphatic carbocycles. The van der Waals surface area contributed by atoms with E-state index in [1.165, 1.54) is 28.6 Å². The standard InChI is InChI=1S/C19H15N3O2S/c1-12-8-9-15(24-12)10-21-22-11-20-18-17(19(22)23)16(13(2)25-18)14-6-4-3-5-7-14/h3-11H,1-2H3/b21-10-. The molecule has 0 saturated heterocycles. The van der Waals surface area contributed by atoms with Gasteiger partial charge in [-0.25, -0.2) is 4.98 Å². The van der Waals surface area contributed by atoms with Crippen molar-refractivity contribution in [2.45, 2.75) is 13.8 Å². The van der Waals surface area contributed by atoms with Crippen molar-refractivity contribution < 1.29 is 4.42 Å². The second-order valence-corrected chi connectivity index (χ2v) is 6.87. The highest BCUT2D eigenvalue weighted by Gasteiger charge is 2.16. The number of thiophene rings is 1. The van der Waals surface area contributed by atoms with Crippen LogP contribution in [0.5, 0.6) is 0 Å². The number of hydrogen-bond acceptors (Lipinski definition) is 5. The highest BCUT2D eigenvalue weighted by atomic mass is 32.1. The largest absolute Gasteiger partial charge is 0.460 e. The fraction of sp³-hybridized carbons (Fsp3) is 0.105. The van der Waals surface area contributed by atoms with Gasteiger partial charge in [0.2, 0.25) is 0 Å². The van der Waals surface area contributed by atoms with Gasteiger partial charge < -0.3 is 4.42 Å². The molecule has 5 nitrogen and oxygen atoms in total. The molecule has 0 bridgehead atoms. The maximum Gasteiger partial charge on any atom is 0.283 e. The van der Waals surface area contributed by atoms with Crippen molar-refractivity contribution in [2.24, 2.45) is 5.10 Å². The summed E-state index contributed by atoms with van der Waals surface area (Å²) in [5, 5.41) is 4.81. The summed E-state index contributed by atoms with van der Waals surface area (Å²) in [6, 6.07) is 13.5. The van der Waals surface area contributed by atoms with Gasteiger partial charge in [0.05, 0.1) is 11.6 Å². The Morgan fingerprint density at radius 3 is 2.68 bits per heavy atom. The van der Waals surface area contributed by atoms with Gasteiger partial charge in [-0.3, -0.25) is 4.79 Å². The molecule has 1 aromatic carbocycles. The third kappa shape index (κ3) is 2.81. The third-order valence-corrected chi connectivity index (χ3v) is 4.92. The van der Waals surface area contributed by atoms with Crippen molar-refractivity contribution >= 4 is 27.8 Å². The second kappa shape index (κ2) is 6.14. The molecule has 3 aromatic heterocycles. The van der Waals surface area contributed by atoms with Crippen molar-refractivity contribution in [3.8, 4) is 11.1 Å². The Morgan fingerprint density at radius 1 is 1.16 bits per heavy atom. The van der Waals surface area contributed by atoms with E-state index < -0.39 is 0 Å². The van der Waals surface area contributed by atoms with Crippen molar-refractivity contribution in [2.75, 3.05) is 0 Å². The summed E-state index contributed by atoms with van der Waals surface area (Å²) in [5.74, 6) is 1.39. The van der Waals surface area contributed by atoms with Crippen LogP contribution in [-0.2, 0) is 0 Å². The van der Waals surface area contributed by atoms with Crippen molar-refractivity contribution in [1.82, 2.24) is 9.66 Å². The molecule has 0 fully saturated rings. The zero-order valence-electron chi connectivity index (χ0n) is 13.8. The number of hydrogen-bond donors (Lipinski definition) is 0. The van der Waals surface area contributed by atoms with Crippen LogP contribution in [0.3, 0.4) is 0 Å². The van der Waals surface area contributed by atoms with Gasteiger partial charge in [0.15, 0.2) is 0 Å². The molecule has 0 saturated carbocycles. The van der Waals surface area contributed by atoms with Crippen LogP contribution in [0.25, 0.3) is 21.3 Å². The lowest BCUT2D eigenvalue weighted by Crippen LogP contribution is -2.16. The molecule has 0 radical (unpaired) electrons.